The van der Waals surface area contributed by atoms with Gasteiger partial charge in [-0.05, 0) is 112 Å². The summed E-state index contributed by atoms with van der Waals surface area (Å²) in [5.74, 6) is 3.18. The van der Waals surface area contributed by atoms with Crippen molar-refractivity contribution in [1.29, 1.82) is 5.26 Å². The van der Waals surface area contributed by atoms with Crippen LogP contribution in [-0.2, 0) is 25.7 Å². The maximum atomic E-state index is 12.3. The van der Waals surface area contributed by atoms with Crippen molar-refractivity contribution in [3.8, 4) is 6.07 Å². The number of aliphatic imine (C=N–C) groups is 2. The number of nitriles is 1. The van der Waals surface area contributed by atoms with Gasteiger partial charge in [-0.25, -0.2) is 0 Å². The number of hydrogen-bond donors (Lipinski definition) is 4. The van der Waals surface area contributed by atoms with Crippen LogP contribution in [0.5, 0.6) is 0 Å². The summed E-state index contributed by atoms with van der Waals surface area (Å²) in [6, 6.07) is 2.34. The number of amidine groups is 1. The first-order valence-electron chi connectivity index (χ1n) is 24.6. The molecule has 3 aliphatic heterocycles. The third kappa shape index (κ3) is 10.3. The number of azo groups is 1. The van der Waals surface area contributed by atoms with Crippen LogP contribution in [0.2, 0.25) is 0 Å². The van der Waals surface area contributed by atoms with Crippen molar-refractivity contribution >= 4 is 59.9 Å². The van der Waals surface area contributed by atoms with Crippen molar-refractivity contribution in [1.82, 2.24) is 25.3 Å². The van der Waals surface area contributed by atoms with Gasteiger partial charge in [0, 0.05) is 28.0 Å². The molecule has 0 aromatic carbocycles. The Labute approximate surface area is 402 Å². The van der Waals surface area contributed by atoms with Crippen LogP contribution in [-0.4, -0.2) is 114 Å². The van der Waals surface area contributed by atoms with Crippen LogP contribution < -0.4 is 10.6 Å². The minimum absolute atomic E-state index is 0.00561. The first-order chi connectivity index (χ1) is 30.9. The molecule has 368 valence electrons. The Bertz CT molecular complexity index is 2300. The lowest BCUT2D eigenvalue weighted by atomic mass is 9.72. The van der Waals surface area contributed by atoms with Gasteiger partial charge in [0.05, 0.1) is 40.6 Å². The van der Waals surface area contributed by atoms with Crippen molar-refractivity contribution in [2.75, 3.05) is 0 Å². The van der Waals surface area contributed by atoms with Crippen molar-refractivity contribution in [3.05, 3.63) is 11.3 Å². The van der Waals surface area contributed by atoms with E-state index < -0.39 is 36.2 Å². The number of fused-ring (bicyclic) bond motifs is 2. The average Bonchev–Trinajstić information content (AvgIpc) is 3.93. The van der Waals surface area contributed by atoms with E-state index in [1.165, 1.54) is 11.8 Å². The van der Waals surface area contributed by atoms with Gasteiger partial charge in [0.1, 0.15) is 17.7 Å². The van der Waals surface area contributed by atoms with E-state index in [1.807, 2.05) is 20.8 Å². The van der Waals surface area contributed by atoms with E-state index in [4.69, 9.17) is 25.3 Å². The van der Waals surface area contributed by atoms with Crippen molar-refractivity contribution in [2.24, 2.45) is 61.6 Å². The number of nitrogens with zero attached hydrogens (tertiary/aromatic N) is 8. The molecule has 16 nitrogen and oxygen atoms in total. The fourth-order valence-electron chi connectivity index (χ4n) is 13.2. The van der Waals surface area contributed by atoms with Gasteiger partial charge in [0.15, 0.2) is 16.2 Å². The predicted molar refractivity (Wildman–Crippen MR) is 263 cm³/mol. The molecule has 4 saturated carbocycles. The first-order valence-corrected chi connectivity index (χ1v) is 29.3. The molecule has 1 aromatic rings. The lowest BCUT2D eigenvalue weighted by Crippen LogP contribution is -2.69. The van der Waals surface area contributed by atoms with Crippen molar-refractivity contribution < 1.29 is 25.9 Å². The number of hydrogen-bond acceptors (Lipinski definition) is 15. The van der Waals surface area contributed by atoms with Crippen LogP contribution in [0.25, 0.3) is 0 Å². The summed E-state index contributed by atoms with van der Waals surface area (Å²) >= 11 is 3.12. The van der Waals surface area contributed by atoms with E-state index in [2.05, 4.69) is 70.1 Å². The average molecular weight is 991 g/mol. The zero-order valence-electron chi connectivity index (χ0n) is 40.4. The maximum absolute atomic E-state index is 12.3. The smallest absolute Gasteiger partial charge is 0.267 e. The number of aromatic nitrogens is 2. The highest BCUT2D eigenvalue weighted by atomic mass is 32.2. The number of rotatable bonds is 8. The summed E-state index contributed by atoms with van der Waals surface area (Å²) in [6.07, 6.45) is 7.31. The Hall–Kier alpha value is -2.12. The first kappa shape index (κ1) is 50.3. The molecule has 4 heterocycles. The van der Waals surface area contributed by atoms with Crippen LogP contribution >= 0.6 is 23.5 Å². The summed E-state index contributed by atoms with van der Waals surface area (Å²) in [5, 5.41) is 34.0. The molecule has 0 radical (unpaired) electrons. The van der Waals surface area contributed by atoms with Gasteiger partial charge in [-0.15, -0.1) is 5.11 Å². The fourth-order valence-corrected chi connectivity index (χ4v) is 18.1. The molecular weight excluding hydrogens is 917 g/mol. The van der Waals surface area contributed by atoms with E-state index in [-0.39, 0.29) is 65.4 Å². The van der Waals surface area contributed by atoms with Crippen LogP contribution in [0.3, 0.4) is 0 Å². The third-order valence-electron chi connectivity index (χ3n) is 16.1. The molecule has 14 atom stereocenters. The fraction of sp³-hybridized carbons (Fsp3) is 0.870. The molecule has 5 fully saturated rings. The molecule has 1 aromatic heterocycles. The molecule has 0 amide bonds. The largest absolute Gasteiger partial charge is 0.332 e. The van der Waals surface area contributed by atoms with Gasteiger partial charge in [-0.3, -0.25) is 29.7 Å². The Morgan fingerprint density at radius 2 is 1.32 bits per heavy atom. The van der Waals surface area contributed by atoms with Crippen LogP contribution in [0.4, 0.5) is 5.82 Å². The summed E-state index contributed by atoms with van der Waals surface area (Å²) in [5.41, 5.74) is 0.405. The molecule has 7 aliphatic rings. The number of thioether (sulfide) groups is 2. The minimum Gasteiger partial charge on any atom is -0.332 e. The minimum atomic E-state index is -4.19. The van der Waals surface area contributed by atoms with Crippen LogP contribution in [0.1, 0.15) is 151 Å². The molecule has 20 heteroatoms. The van der Waals surface area contributed by atoms with Crippen LogP contribution in [0, 0.1) is 52.8 Å². The Balaban J connectivity index is 1.15. The number of nitrogens with one attached hydrogen (secondary N) is 2. The SMILES string of the molecule is CC1CC(C)C(NC2NC(N(C3=NC4CCC(S(=O)(=O)O)CC4S3)C3C(C)CC(C)CC3C)CC(C)C2N=Nc2c(C#N)c(C(C)(C)C)nn2C2=NC3CCC(S(=O)(=O)O)CC3S2)C(C)C1. The quantitative estimate of drug-likeness (QED) is 0.142. The lowest BCUT2D eigenvalue weighted by molar-refractivity contribution is 0.0201. The zero-order valence-corrected chi connectivity index (χ0v) is 43.7. The van der Waals surface area contributed by atoms with Gasteiger partial charge < -0.3 is 4.90 Å². The lowest BCUT2D eigenvalue weighted by Gasteiger charge is -2.53. The monoisotopic (exact) mass is 990 g/mol. The van der Waals surface area contributed by atoms with Crippen LogP contribution in [0.15, 0.2) is 20.2 Å². The molecule has 0 spiro atoms. The molecule has 14 unspecified atom stereocenters. The highest BCUT2D eigenvalue weighted by Gasteiger charge is 2.50. The topological polar surface area (TPSA) is 227 Å². The molecular formula is C46H74N10O6S4. The Kier molecular flexibility index (Phi) is 14.7. The van der Waals surface area contributed by atoms with Gasteiger partial charge in [-0.2, -0.15) is 37.0 Å². The van der Waals surface area contributed by atoms with E-state index in [9.17, 15) is 31.2 Å². The van der Waals surface area contributed by atoms with Gasteiger partial charge in [0.2, 0.25) is 0 Å². The molecule has 1 saturated heterocycles. The molecule has 8 rings (SSSR count). The molecule has 66 heavy (non-hydrogen) atoms. The van der Waals surface area contributed by atoms with E-state index in [0.717, 1.165) is 37.3 Å². The normalized spacial score (nSPS) is 41.2. The summed E-state index contributed by atoms with van der Waals surface area (Å²) in [4.78, 5) is 13.0. The second-order valence-corrected chi connectivity index (χ2v) is 28.5. The highest BCUT2D eigenvalue weighted by molar-refractivity contribution is 8.15. The van der Waals surface area contributed by atoms with Gasteiger partial charge in [-0.1, -0.05) is 92.8 Å². The number of piperidine rings is 1. The van der Waals surface area contributed by atoms with Gasteiger partial charge in [0.25, 0.3) is 20.2 Å². The van der Waals surface area contributed by atoms with Crippen molar-refractivity contribution in [2.45, 2.75) is 209 Å². The maximum Gasteiger partial charge on any atom is 0.267 e. The standard InChI is InChI=1S/C46H74N10O6S4/c1-23-15-25(3)38(26(4)16-23)51-42-39(52-53-43-32(22-47)41(46(8,9)10)54-56(43)45-49-34-14-12-31(66(60,61)62)21-36(34)64-45)27(5)19-37(50-42)55(40-28(6)17-24(2)18-29(40)7)44-48-33-13-11-30(65(57,58)59)20-35(33)63-44/h23-31,33-40,42,50-51H,11-21H2,1-10H3,(H,57,58,59)(H,60,61,62). The highest BCUT2D eigenvalue weighted by Crippen LogP contribution is 2.47. The van der Waals surface area contributed by atoms with Gasteiger partial charge >= 0.3 is 0 Å². The molecule has 4 N–H and O–H groups in total. The molecule has 0 bridgehead atoms. The summed E-state index contributed by atoms with van der Waals surface area (Å²) < 4.78 is 70.6. The second-order valence-electron chi connectivity index (χ2n) is 22.7. The van der Waals surface area contributed by atoms with E-state index in [0.29, 0.717) is 89.9 Å². The molecule has 4 aliphatic carbocycles. The predicted octanol–water partition coefficient (Wildman–Crippen LogP) is 8.23. The van der Waals surface area contributed by atoms with E-state index in [1.54, 1.807) is 16.4 Å². The third-order valence-corrected chi connectivity index (χ3v) is 21.3. The van der Waals surface area contributed by atoms with E-state index >= 15 is 0 Å². The Morgan fingerprint density at radius 3 is 1.86 bits per heavy atom. The summed E-state index contributed by atoms with van der Waals surface area (Å²) in [6.45, 7) is 22.4. The second kappa shape index (κ2) is 19.2. The van der Waals surface area contributed by atoms with Crippen molar-refractivity contribution in [3.63, 3.8) is 0 Å². The summed E-state index contributed by atoms with van der Waals surface area (Å²) in [7, 11) is -8.34. The zero-order chi connectivity index (χ0) is 47.8. The Morgan fingerprint density at radius 1 is 0.773 bits per heavy atom.